The van der Waals surface area contributed by atoms with Crippen molar-refractivity contribution >= 4 is 22.1 Å². The molecule has 0 aliphatic heterocycles. The maximum atomic E-state index is 4.80. The van der Waals surface area contributed by atoms with Gasteiger partial charge in [-0.1, -0.05) is 6.07 Å². The molecule has 0 aliphatic carbocycles. The summed E-state index contributed by atoms with van der Waals surface area (Å²) < 4.78 is 0. The van der Waals surface area contributed by atoms with E-state index in [1.165, 1.54) is 0 Å². The Morgan fingerprint density at radius 3 is 2.69 bits per heavy atom. The summed E-state index contributed by atoms with van der Waals surface area (Å²) in [6.45, 7) is 0. The van der Waals surface area contributed by atoms with Crippen LogP contribution in [0.2, 0.25) is 0 Å². The molecule has 3 N–H and O–H groups in total. The zero-order chi connectivity index (χ0) is 19.2. The fourth-order valence-corrected chi connectivity index (χ4v) is 3.37. The summed E-state index contributed by atoms with van der Waals surface area (Å²) in [5.41, 5.74) is 7.19. The van der Waals surface area contributed by atoms with Gasteiger partial charge in [-0.05, 0) is 24.3 Å². The highest BCUT2D eigenvalue weighted by Crippen LogP contribution is 2.30. The second kappa shape index (κ2) is 6.06. The minimum absolute atomic E-state index is 0.619. The van der Waals surface area contributed by atoms with Gasteiger partial charge < -0.3 is 4.98 Å². The van der Waals surface area contributed by atoms with E-state index in [0.717, 1.165) is 44.6 Å². The number of hydrogen-bond acceptors (Lipinski definition) is 6. The second-order valence-corrected chi connectivity index (χ2v) is 6.54. The number of aromatic amines is 3. The molecule has 0 saturated carbocycles. The van der Waals surface area contributed by atoms with Gasteiger partial charge in [0.05, 0.1) is 34.8 Å². The van der Waals surface area contributed by atoms with E-state index in [9.17, 15) is 0 Å². The van der Waals surface area contributed by atoms with Gasteiger partial charge in [-0.2, -0.15) is 10.2 Å². The van der Waals surface area contributed by atoms with Gasteiger partial charge in [-0.3, -0.25) is 20.2 Å². The number of H-pyrrole nitrogens is 3. The lowest BCUT2D eigenvalue weighted by molar-refractivity contribution is 1.09. The van der Waals surface area contributed by atoms with Gasteiger partial charge in [-0.25, -0.2) is 9.97 Å². The third-order valence-corrected chi connectivity index (χ3v) is 4.76. The lowest BCUT2D eigenvalue weighted by atomic mass is 10.1. The number of imidazole rings is 1. The summed E-state index contributed by atoms with van der Waals surface area (Å²) in [7, 11) is 0. The van der Waals surface area contributed by atoms with E-state index in [2.05, 4.69) is 35.3 Å². The Labute approximate surface area is 163 Å². The van der Waals surface area contributed by atoms with Crippen LogP contribution in [-0.4, -0.2) is 45.3 Å². The summed E-state index contributed by atoms with van der Waals surface area (Å²) >= 11 is 0. The lowest BCUT2D eigenvalue weighted by Crippen LogP contribution is -1.86. The monoisotopic (exact) mass is 379 g/mol. The van der Waals surface area contributed by atoms with E-state index >= 15 is 0 Å². The van der Waals surface area contributed by atoms with E-state index in [4.69, 9.17) is 9.97 Å². The zero-order valence-corrected chi connectivity index (χ0v) is 15.0. The van der Waals surface area contributed by atoms with Crippen LogP contribution < -0.4 is 0 Å². The van der Waals surface area contributed by atoms with Crippen molar-refractivity contribution in [1.82, 2.24) is 45.3 Å². The van der Waals surface area contributed by atoms with Crippen LogP contribution in [0.5, 0.6) is 0 Å². The smallest absolute Gasteiger partial charge is 0.161 e. The minimum Gasteiger partial charge on any atom is -0.335 e. The highest BCUT2D eigenvalue weighted by molar-refractivity contribution is 5.95. The summed E-state index contributed by atoms with van der Waals surface area (Å²) in [6.07, 6.45) is 8.81. The molecule has 0 aliphatic rings. The number of nitrogens with one attached hydrogen (secondary N) is 3. The maximum Gasteiger partial charge on any atom is 0.161 e. The lowest BCUT2D eigenvalue weighted by Gasteiger charge is -1.99. The molecule has 9 nitrogen and oxygen atoms in total. The Kier molecular flexibility index (Phi) is 3.27. The van der Waals surface area contributed by atoms with Crippen molar-refractivity contribution in [3.63, 3.8) is 0 Å². The van der Waals surface area contributed by atoms with Crippen molar-refractivity contribution in [3.05, 3.63) is 61.3 Å². The van der Waals surface area contributed by atoms with Crippen molar-refractivity contribution in [3.8, 4) is 34.0 Å². The summed E-state index contributed by atoms with van der Waals surface area (Å²) in [6, 6.07) is 9.64. The van der Waals surface area contributed by atoms with Crippen LogP contribution in [0.4, 0.5) is 0 Å². The Bertz CT molecular complexity index is 1450. The Hall–Kier alpha value is -4.40. The molecule has 0 spiro atoms. The molecule has 138 valence electrons. The van der Waals surface area contributed by atoms with Crippen LogP contribution in [0.25, 0.3) is 56.1 Å². The first-order valence-corrected chi connectivity index (χ1v) is 8.96. The van der Waals surface area contributed by atoms with Crippen LogP contribution in [0.1, 0.15) is 0 Å². The minimum atomic E-state index is 0.619. The van der Waals surface area contributed by atoms with Crippen molar-refractivity contribution in [1.29, 1.82) is 0 Å². The summed E-state index contributed by atoms with van der Waals surface area (Å²) in [5, 5.41) is 14.3. The molecule has 6 aromatic heterocycles. The fraction of sp³-hybridized carbons (Fsp3) is 0. The molecule has 0 fully saturated rings. The largest absolute Gasteiger partial charge is 0.335 e. The molecule has 0 unspecified atom stereocenters. The zero-order valence-electron chi connectivity index (χ0n) is 15.0. The number of nitrogens with zero attached hydrogens (tertiary/aromatic N) is 6. The van der Waals surface area contributed by atoms with Gasteiger partial charge in [0.2, 0.25) is 0 Å². The predicted molar refractivity (Wildman–Crippen MR) is 108 cm³/mol. The first kappa shape index (κ1) is 15.6. The van der Waals surface area contributed by atoms with Crippen molar-refractivity contribution in [2.24, 2.45) is 0 Å². The molecule has 0 aromatic carbocycles. The van der Waals surface area contributed by atoms with E-state index in [-0.39, 0.29) is 0 Å². The highest BCUT2D eigenvalue weighted by atomic mass is 15.2. The quantitative estimate of drug-likeness (QED) is 0.433. The van der Waals surface area contributed by atoms with Crippen molar-refractivity contribution in [2.45, 2.75) is 0 Å². The Balaban J connectivity index is 1.54. The van der Waals surface area contributed by atoms with Crippen LogP contribution in [-0.2, 0) is 0 Å². The van der Waals surface area contributed by atoms with Crippen LogP contribution in [0.15, 0.2) is 61.3 Å². The number of pyridine rings is 3. The van der Waals surface area contributed by atoms with Crippen molar-refractivity contribution in [2.75, 3.05) is 0 Å². The molecule has 6 aromatic rings. The molecule has 9 heteroatoms. The van der Waals surface area contributed by atoms with Gasteiger partial charge in [0.15, 0.2) is 11.5 Å². The average molecular weight is 379 g/mol. The average Bonchev–Trinajstić information content (AvgIpc) is 3.52. The molecule has 6 rings (SSSR count). The number of fused-ring (bicyclic) bond motifs is 2. The number of rotatable bonds is 3. The number of aromatic nitrogens is 9. The Morgan fingerprint density at radius 2 is 1.83 bits per heavy atom. The van der Waals surface area contributed by atoms with Gasteiger partial charge in [0.25, 0.3) is 0 Å². The van der Waals surface area contributed by atoms with E-state index in [1.54, 1.807) is 31.0 Å². The number of hydrogen-bond donors (Lipinski definition) is 3. The predicted octanol–water partition coefficient (Wildman–Crippen LogP) is 3.35. The molecule has 29 heavy (non-hydrogen) atoms. The topological polar surface area (TPSA) is 125 Å². The van der Waals surface area contributed by atoms with Crippen LogP contribution in [0, 0.1) is 0 Å². The second-order valence-electron chi connectivity index (χ2n) is 6.54. The molecular weight excluding hydrogens is 366 g/mol. The first-order valence-electron chi connectivity index (χ1n) is 8.96. The standard InChI is InChI=1S/C20H13N9/c1-2-6-22-14(3-1)12-9-21-10-16-17(12)27-20(26-16)19-18-15(28-29-19)5-4-13(25-18)11-7-23-24-8-11/h1-10H,(H,23,24)(H,26,27)(H,28,29). The van der Waals surface area contributed by atoms with E-state index in [1.807, 2.05) is 30.3 Å². The third kappa shape index (κ3) is 2.48. The Morgan fingerprint density at radius 1 is 0.828 bits per heavy atom. The molecular formula is C20H13N9. The maximum absolute atomic E-state index is 4.80. The molecule has 0 amide bonds. The van der Waals surface area contributed by atoms with Gasteiger partial charge in [-0.15, -0.1) is 0 Å². The van der Waals surface area contributed by atoms with Crippen LogP contribution in [0.3, 0.4) is 0 Å². The molecule has 0 saturated heterocycles. The molecule has 6 heterocycles. The van der Waals surface area contributed by atoms with Crippen LogP contribution >= 0.6 is 0 Å². The van der Waals surface area contributed by atoms with E-state index in [0.29, 0.717) is 11.5 Å². The molecule has 0 atom stereocenters. The van der Waals surface area contributed by atoms with E-state index < -0.39 is 0 Å². The SMILES string of the molecule is c1ccc(-c2cncc3[nH]c(-c4n[nH]c5ccc(-c6cn[nH]c6)nc45)nc23)nc1. The third-order valence-electron chi connectivity index (χ3n) is 4.76. The fourth-order valence-electron chi connectivity index (χ4n) is 3.37. The van der Waals surface area contributed by atoms with Gasteiger partial charge in [0.1, 0.15) is 11.0 Å². The first-order chi connectivity index (χ1) is 14.4. The van der Waals surface area contributed by atoms with Gasteiger partial charge >= 0.3 is 0 Å². The van der Waals surface area contributed by atoms with Gasteiger partial charge in [0, 0.05) is 29.7 Å². The normalized spacial score (nSPS) is 11.4. The van der Waals surface area contributed by atoms with Crippen molar-refractivity contribution < 1.29 is 0 Å². The molecule has 0 bridgehead atoms. The highest BCUT2D eigenvalue weighted by Gasteiger charge is 2.17. The summed E-state index contributed by atoms with van der Waals surface area (Å²) in [5.74, 6) is 0.619. The summed E-state index contributed by atoms with van der Waals surface area (Å²) in [4.78, 5) is 21.6. The molecule has 0 radical (unpaired) electrons.